The third-order valence-corrected chi connectivity index (χ3v) is 5.48. The van der Waals surface area contributed by atoms with E-state index < -0.39 is 0 Å². The van der Waals surface area contributed by atoms with Gasteiger partial charge < -0.3 is 5.11 Å². The smallest absolute Gasteiger partial charge is 0.124 e. The van der Waals surface area contributed by atoms with Crippen LogP contribution < -0.4 is 0 Å². The molecule has 1 N–H and O–H groups in total. The van der Waals surface area contributed by atoms with Gasteiger partial charge in [-0.15, -0.1) is 0 Å². The molecule has 3 atom stereocenters. The Balaban J connectivity index is 2.14. The molecule has 3 unspecified atom stereocenters. The molecule has 1 aliphatic carbocycles. The van der Waals surface area contributed by atoms with Crippen LogP contribution in [0.2, 0.25) is 0 Å². The van der Waals surface area contributed by atoms with E-state index in [-0.39, 0.29) is 17.3 Å². The predicted octanol–water partition coefficient (Wildman–Crippen LogP) is 4.95. The summed E-state index contributed by atoms with van der Waals surface area (Å²) in [6.45, 7) is 6.64. The van der Waals surface area contributed by atoms with Crippen LogP contribution in [0, 0.1) is 23.1 Å². The highest BCUT2D eigenvalue weighted by atomic mass is 79.9. The van der Waals surface area contributed by atoms with Gasteiger partial charge in [0.1, 0.15) is 5.82 Å². The molecule has 1 fully saturated rings. The number of hydrogen-bond acceptors (Lipinski definition) is 1. The van der Waals surface area contributed by atoms with Crippen molar-refractivity contribution in [1.82, 2.24) is 0 Å². The molecule has 0 bridgehead atoms. The minimum absolute atomic E-state index is 0.0138. The quantitative estimate of drug-likeness (QED) is 0.823. The summed E-state index contributed by atoms with van der Waals surface area (Å²) in [6, 6.07) is 4.87. The van der Waals surface area contributed by atoms with Crippen LogP contribution in [0.25, 0.3) is 0 Å². The first-order valence-corrected chi connectivity index (χ1v) is 8.21. The molecule has 2 rings (SSSR count). The second-order valence-electron chi connectivity index (χ2n) is 6.99. The number of hydrogen-bond donors (Lipinski definition) is 1. The normalized spacial score (nSPS) is 27.6. The van der Waals surface area contributed by atoms with E-state index in [1.54, 1.807) is 0 Å². The van der Waals surface area contributed by atoms with E-state index in [4.69, 9.17) is 0 Å². The van der Waals surface area contributed by atoms with Gasteiger partial charge in [0.2, 0.25) is 0 Å². The van der Waals surface area contributed by atoms with Gasteiger partial charge in [0, 0.05) is 4.47 Å². The second kappa shape index (κ2) is 6.15. The number of aliphatic hydroxyl groups is 1. The lowest BCUT2D eigenvalue weighted by atomic mass is 9.65. The van der Waals surface area contributed by atoms with Gasteiger partial charge in [0.15, 0.2) is 0 Å². The molecule has 0 heterocycles. The van der Waals surface area contributed by atoms with Gasteiger partial charge in [-0.3, -0.25) is 0 Å². The van der Waals surface area contributed by atoms with Gasteiger partial charge in [-0.1, -0.05) is 49.2 Å². The summed E-state index contributed by atoms with van der Waals surface area (Å²) >= 11 is 3.45. The monoisotopic (exact) mass is 342 g/mol. The largest absolute Gasteiger partial charge is 0.393 e. The van der Waals surface area contributed by atoms with E-state index >= 15 is 0 Å². The Kier molecular flexibility index (Phi) is 4.91. The molecule has 1 nitrogen and oxygen atoms in total. The Hall–Kier alpha value is -0.410. The highest BCUT2D eigenvalue weighted by Crippen LogP contribution is 2.43. The Labute approximate surface area is 129 Å². The fraction of sp³-hybridized carbons (Fsp3) is 0.647. The van der Waals surface area contributed by atoms with Gasteiger partial charge >= 0.3 is 0 Å². The van der Waals surface area contributed by atoms with Crippen molar-refractivity contribution in [2.45, 2.75) is 52.6 Å². The molecular weight excluding hydrogens is 319 g/mol. The molecule has 1 aliphatic rings. The van der Waals surface area contributed by atoms with E-state index in [1.807, 2.05) is 6.07 Å². The number of halogens is 2. The van der Waals surface area contributed by atoms with Gasteiger partial charge in [-0.25, -0.2) is 4.39 Å². The van der Waals surface area contributed by atoms with E-state index in [1.165, 1.54) is 18.6 Å². The summed E-state index contributed by atoms with van der Waals surface area (Å²) in [5.74, 6) is 0.718. The Bertz CT molecular complexity index is 472. The lowest BCUT2D eigenvalue weighted by Gasteiger charge is -2.42. The molecule has 1 aromatic carbocycles. The highest BCUT2D eigenvalue weighted by Gasteiger charge is 2.38. The third-order valence-electron chi connectivity index (χ3n) is 4.74. The van der Waals surface area contributed by atoms with E-state index in [0.717, 1.165) is 29.3 Å². The maximum absolute atomic E-state index is 13.2. The van der Waals surface area contributed by atoms with Crippen molar-refractivity contribution in [2.75, 3.05) is 0 Å². The molecular formula is C17H24BrFO. The fourth-order valence-electron chi connectivity index (χ4n) is 3.55. The molecule has 20 heavy (non-hydrogen) atoms. The molecule has 0 aromatic heterocycles. The SMILES string of the molecule is CC1CCC(C(C)(C)Cc2ccc(F)cc2Br)C(O)C1. The second-order valence-corrected chi connectivity index (χ2v) is 7.85. The zero-order valence-electron chi connectivity index (χ0n) is 12.5. The van der Waals surface area contributed by atoms with Crippen molar-refractivity contribution < 1.29 is 9.50 Å². The van der Waals surface area contributed by atoms with Gasteiger partial charge in [-0.05, 0) is 54.2 Å². The minimum Gasteiger partial charge on any atom is -0.393 e. The van der Waals surface area contributed by atoms with Crippen molar-refractivity contribution in [2.24, 2.45) is 17.3 Å². The van der Waals surface area contributed by atoms with Crippen molar-refractivity contribution >= 4 is 15.9 Å². The third kappa shape index (κ3) is 3.62. The van der Waals surface area contributed by atoms with Crippen LogP contribution in [-0.4, -0.2) is 11.2 Å². The molecule has 3 heteroatoms. The van der Waals surface area contributed by atoms with Crippen molar-refractivity contribution in [3.8, 4) is 0 Å². The molecule has 1 aromatic rings. The minimum atomic E-state index is -0.218. The summed E-state index contributed by atoms with van der Waals surface area (Å²) in [7, 11) is 0. The van der Waals surface area contributed by atoms with Crippen LogP contribution in [-0.2, 0) is 6.42 Å². The lowest BCUT2D eigenvalue weighted by Crippen LogP contribution is -2.39. The Morgan fingerprint density at radius 1 is 1.35 bits per heavy atom. The number of aliphatic hydroxyl groups excluding tert-OH is 1. The Morgan fingerprint density at radius 3 is 2.65 bits per heavy atom. The van der Waals surface area contributed by atoms with Gasteiger partial charge in [0.05, 0.1) is 6.10 Å². The predicted molar refractivity (Wildman–Crippen MR) is 84.1 cm³/mol. The molecule has 0 aliphatic heterocycles. The summed E-state index contributed by atoms with van der Waals surface area (Å²) in [4.78, 5) is 0. The highest BCUT2D eigenvalue weighted by molar-refractivity contribution is 9.10. The topological polar surface area (TPSA) is 20.2 Å². The average molecular weight is 343 g/mol. The summed E-state index contributed by atoms with van der Waals surface area (Å²) in [5.41, 5.74) is 1.13. The van der Waals surface area contributed by atoms with Crippen molar-refractivity contribution in [3.05, 3.63) is 34.1 Å². The molecule has 112 valence electrons. The maximum atomic E-state index is 13.2. The summed E-state index contributed by atoms with van der Waals surface area (Å²) in [6.07, 6.45) is 3.81. The van der Waals surface area contributed by atoms with Crippen LogP contribution in [0.3, 0.4) is 0 Å². The number of rotatable bonds is 3. The van der Waals surface area contributed by atoms with Crippen LogP contribution in [0.4, 0.5) is 4.39 Å². The van der Waals surface area contributed by atoms with Gasteiger partial charge in [0.25, 0.3) is 0 Å². The maximum Gasteiger partial charge on any atom is 0.124 e. The first-order valence-electron chi connectivity index (χ1n) is 7.41. The molecule has 0 radical (unpaired) electrons. The standard InChI is InChI=1S/C17H24BrFO/c1-11-4-7-14(16(20)8-11)17(2,3)10-12-5-6-13(19)9-15(12)18/h5-6,9,11,14,16,20H,4,7-8,10H2,1-3H3. The van der Waals surface area contributed by atoms with E-state index in [0.29, 0.717) is 11.8 Å². The first kappa shape index (κ1) is 16.0. The first-order chi connectivity index (χ1) is 9.29. The molecule has 0 spiro atoms. The van der Waals surface area contributed by atoms with Crippen molar-refractivity contribution in [3.63, 3.8) is 0 Å². The molecule has 1 saturated carbocycles. The van der Waals surface area contributed by atoms with Crippen LogP contribution in [0.15, 0.2) is 22.7 Å². The van der Waals surface area contributed by atoms with Crippen LogP contribution in [0.5, 0.6) is 0 Å². The molecule has 0 saturated heterocycles. The molecule has 0 amide bonds. The zero-order valence-corrected chi connectivity index (χ0v) is 14.1. The van der Waals surface area contributed by atoms with E-state index in [9.17, 15) is 9.50 Å². The van der Waals surface area contributed by atoms with Crippen LogP contribution >= 0.6 is 15.9 Å². The van der Waals surface area contributed by atoms with Crippen LogP contribution in [0.1, 0.15) is 45.6 Å². The van der Waals surface area contributed by atoms with Crippen molar-refractivity contribution in [1.29, 1.82) is 0 Å². The Morgan fingerprint density at radius 2 is 2.05 bits per heavy atom. The number of benzene rings is 1. The van der Waals surface area contributed by atoms with E-state index in [2.05, 4.69) is 36.7 Å². The van der Waals surface area contributed by atoms with Gasteiger partial charge in [-0.2, -0.15) is 0 Å². The zero-order chi connectivity index (χ0) is 14.9. The lowest BCUT2D eigenvalue weighted by molar-refractivity contribution is -0.0126. The summed E-state index contributed by atoms with van der Waals surface area (Å²) < 4.78 is 14.0. The average Bonchev–Trinajstić information content (AvgIpc) is 2.32. The summed E-state index contributed by atoms with van der Waals surface area (Å²) in [5, 5.41) is 10.4. The fourth-order valence-corrected chi connectivity index (χ4v) is 4.04.